The van der Waals surface area contributed by atoms with Crippen LogP contribution in [0.3, 0.4) is 0 Å². The van der Waals surface area contributed by atoms with E-state index < -0.39 is 0 Å². The second-order valence-corrected chi connectivity index (χ2v) is 6.04. The molecule has 0 aliphatic rings. The Morgan fingerprint density at radius 1 is 1.04 bits per heavy atom. The van der Waals surface area contributed by atoms with Crippen LogP contribution < -0.4 is 4.74 Å². The summed E-state index contributed by atoms with van der Waals surface area (Å²) in [6, 6.07) is 12.3. The van der Waals surface area contributed by atoms with Crippen molar-refractivity contribution in [1.82, 2.24) is 0 Å². The lowest BCUT2D eigenvalue weighted by molar-refractivity contribution is -0.146. The smallest absolute Gasteiger partial charge is 0.308 e. The van der Waals surface area contributed by atoms with Crippen molar-refractivity contribution in [2.24, 2.45) is 0 Å². The van der Waals surface area contributed by atoms with Gasteiger partial charge in [0.1, 0.15) is 11.5 Å². The van der Waals surface area contributed by atoms with Crippen molar-refractivity contribution in [3.8, 4) is 11.5 Å². The molecule has 0 bridgehead atoms. The van der Waals surface area contributed by atoms with E-state index >= 15 is 0 Å². The van der Waals surface area contributed by atoms with Crippen LogP contribution in [-0.2, 0) is 14.3 Å². The monoisotopic (exact) mass is 382 g/mol. The van der Waals surface area contributed by atoms with Crippen LogP contribution in [0.2, 0.25) is 10.0 Å². The van der Waals surface area contributed by atoms with Gasteiger partial charge in [0.25, 0.3) is 0 Å². The summed E-state index contributed by atoms with van der Waals surface area (Å²) in [4.78, 5) is 11.7. The van der Waals surface area contributed by atoms with Crippen LogP contribution in [0.25, 0.3) is 0 Å². The topological polar surface area (TPSA) is 44.8 Å². The van der Waals surface area contributed by atoms with E-state index in [0.29, 0.717) is 34.8 Å². The van der Waals surface area contributed by atoms with Gasteiger partial charge >= 0.3 is 5.97 Å². The van der Waals surface area contributed by atoms with Crippen LogP contribution in [0, 0.1) is 0 Å². The van der Waals surface area contributed by atoms with Crippen molar-refractivity contribution >= 4 is 29.2 Å². The number of carbonyl (C=O) groups excluding carboxylic acids is 1. The number of benzene rings is 2. The van der Waals surface area contributed by atoms with Gasteiger partial charge in [0, 0.05) is 17.7 Å². The highest BCUT2D eigenvalue weighted by atomic mass is 35.5. The van der Waals surface area contributed by atoms with Crippen LogP contribution >= 0.6 is 23.2 Å². The number of esters is 1. The first-order valence-corrected chi connectivity index (χ1v) is 8.79. The van der Waals surface area contributed by atoms with Gasteiger partial charge in [-0.15, -0.1) is 0 Å². The van der Waals surface area contributed by atoms with Crippen LogP contribution in [-0.4, -0.2) is 19.2 Å². The lowest BCUT2D eigenvalue weighted by Gasteiger charge is -2.17. The zero-order valence-corrected chi connectivity index (χ0v) is 15.6. The fraction of sp³-hybridized carbons (Fsp3) is 0.316. The highest BCUT2D eigenvalue weighted by molar-refractivity contribution is 6.34. The molecule has 0 radical (unpaired) electrons. The molecule has 2 aromatic carbocycles. The average molecular weight is 383 g/mol. The summed E-state index contributed by atoms with van der Waals surface area (Å²) >= 11 is 12.1. The molecule has 4 nitrogen and oxygen atoms in total. The second kappa shape index (κ2) is 9.66. The summed E-state index contributed by atoms with van der Waals surface area (Å²) in [7, 11) is 0. The highest BCUT2D eigenvalue weighted by Gasteiger charge is 2.17. The van der Waals surface area contributed by atoms with E-state index in [1.54, 1.807) is 37.3 Å². The largest absolute Gasteiger partial charge is 0.466 e. The molecule has 0 N–H and O–H groups in total. The first kappa shape index (κ1) is 19.6. The molecule has 0 unspecified atom stereocenters. The van der Waals surface area contributed by atoms with Gasteiger partial charge in [-0.1, -0.05) is 35.3 Å². The Kier molecular flexibility index (Phi) is 7.56. The molecule has 0 amide bonds. The number of ether oxygens (including phenoxy) is 3. The minimum atomic E-state index is -0.354. The van der Waals surface area contributed by atoms with Gasteiger partial charge in [-0.3, -0.25) is 4.79 Å². The van der Waals surface area contributed by atoms with E-state index in [9.17, 15) is 4.79 Å². The number of carbonyl (C=O) groups is 1. The number of hydrogen-bond acceptors (Lipinski definition) is 4. The van der Waals surface area contributed by atoms with Crippen LogP contribution in [0.4, 0.5) is 0 Å². The fourth-order valence-corrected chi connectivity index (χ4v) is 2.60. The van der Waals surface area contributed by atoms with Crippen molar-refractivity contribution < 1.29 is 19.0 Å². The predicted molar refractivity (Wildman–Crippen MR) is 98.6 cm³/mol. The summed E-state index contributed by atoms with van der Waals surface area (Å²) < 4.78 is 16.4. The molecular weight excluding hydrogens is 363 g/mol. The molecule has 0 saturated heterocycles. The lowest BCUT2D eigenvalue weighted by Crippen LogP contribution is -2.13. The normalized spacial score (nSPS) is 11.8. The molecule has 0 spiro atoms. The van der Waals surface area contributed by atoms with E-state index in [1.165, 1.54) is 0 Å². The zero-order valence-electron chi connectivity index (χ0n) is 14.1. The van der Waals surface area contributed by atoms with E-state index in [2.05, 4.69) is 0 Å². The Labute approximate surface area is 157 Å². The van der Waals surface area contributed by atoms with Crippen LogP contribution in [0.15, 0.2) is 42.5 Å². The molecule has 1 atom stereocenters. The summed E-state index contributed by atoms with van der Waals surface area (Å²) in [5, 5.41) is 1.02. The van der Waals surface area contributed by atoms with E-state index in [-0.39, 0.29) is 18.5 Å². The first-order chi connectivity index (χ1) is 12.0. The third-order valence-corrected chi connectivity index (χ3v) is 3.95. The quantitative estimate of drug-likeness (QED) is 0.539. The Morgan fingerprint density at radius 3 is 2.40 bits per heavy atom. The molecule has 0 aliphatic heterocycles. The van der Waals surface area contributed by atoms with Gasteiger partial charge in [-0.25, -0.2) is 0 Å². The molecule has 2 rings (SSSR count). The number of hydrogen-bond donors (Lipinski definition) is 0. The van der Waals surface area contributed by atoms with Gasteiger partial charge < -0.3 is 14.2 Å². The molecule has 0 aliphatic carbocycles. The van der Waals surface area contributed by atoms with Gasteiger partial charge in [-0.2, -0.15) is 0 Å². The number of rotatable bonds is 8. The van der Waals surface area contributed by atoms with Crippen molar-refractivity contribution in [2.45, 2.75) is 26.4 Å². The summed E-state index contributed by atoms with van der Waals surface area (Å²) in [6.45, 7) is 4.52. The lowest BCUT2D eigenvalue weighted by atomic mass is 10.1. The zero-order chi connectivity index (χ0) is 18.2. The molecule has 25 heavy (non-hydrogen) atoms. The first-order valence-electron chi connectivity index (χ1n) is 8.03. The number of halogens is 2. The molecular formula is C19H20Cl2O4. The van der Waals surface area contributed by atoms with Crippen molar-refractivity contribution in [1.29, 1.82) is 0 Å². The molecule has 0 heterocycles. The fourth-order valence-electron chi connectivity index (χ4n) is 2.28. The maximum atomic E-state index is 11.7. The second-order valence-electron chi connectivity index (χ2n) is 5.20. The third kappa shape index (κ3) is 5.92. The van der Waals surface area contributed by atoms with Gasteiger partial charge in [0.15, 0.2) is 0 Å². The van der Waals surface area contributed by atoms with E-state index in [4.69, 9.17) is 37.4 Å². The maximum Gasteiger partial charge on any atom is 0.308 e. The predicted octanol–water partition coefficient (Wildman–Crippen LogP) is 5.82. The SMILES string of the molecule is CCOC(=O)C[C@@H](OCC)c1ccc(Oc2cc(Cl)ccc2Cl)cc1. The summed E-state index contributed by atoms with van der Waals surface area (Å²) in [6.07, 6.45) is -0.185. The Bertz CT molecular complexity index is 701. The molecule has 6 heteroatoms. The Balaban J connectivity index is 2.11. The third-order valence-electron chi connectivity index (χ3n) is 3.40. The Hall–Kier alpha value is -1.75. The Morgan fingerprint density at radius 2 is 1.76 bits per heavy atom. The minimum Gasteiger partial charge on any atom is -0.466 e. The molecule has 0 aromatic heterocycles. The van der Waals surface area contributed by atoms with E-state index in [0.717, 1.165) is 5.56 Å². The molecule has 0 saturated carbocycles. The molecule has 134 valence electrons. The van der Waals surface area contributed by atoms with Gasteiger partial charge in [-0.05, 0) is 43.7 Å². The van der Waals surface area contributed by atoms with Crippen molar-refractivity contribution in [3.63, 3.8) is 0 Å². The van der Waals surface area contributed by atoms with Gasteiger partial charge in [0.2, 0.25) is 0 Å². The van der Waals surface area contributed by atoms with Crippen LogP contribution in [0.1, 0.15) is 31.9 Å². The summed E-state index contributed by atoms with van der Waals surface area (Å²) in [5.41, 5.74) is 0.874. The average Bonchev–Trinajstić information content (AvgIpc) is 2.59. The minimum absolute atomic E-state index is 0.169. The van der Waals surface area contributed by atoms with Crippen molar-refractivity contribution in [2.75, 3.05) is 13.2 Å². The maximum absolute atomic E-state index is 11.7. The van der Waals surface area contributed by atoms with Crippen LogP contribution in [0.5, 0.6) is 11.5 Å². The standard InChI is InChI=1S/C19H20Cl2O4/c1-3-23-17(12-19(22)24-4-2)13-5-8-15(9-6-13)25-18-11-14(20)7-10-16(18)21/h5-11,17H,3-4,12H2,1-2H3/t17-/m1/s1. The van der Waals surface area contributed by atoms with Crippen molar-refractivity contribution in [3.05, 3.63) is 58.1 Å². The van der Waals surface area contributed by atoms with E-state index in [1.807, 2.05) is 19.1 Å². The summed E-state index contributed by atoms with van der Waals surface area (Å²) in [5.74, 6) is 0.807. The highest BCUT2D eigenvalue weighted by Crippen LogP contribution is 2.32. The van der Waals surface area contributed by atoms with Gasteiger partial charge in [0.05, 0.1) is 24.2 Å². The molecule has 2 aromatic rings. The molecule has 0 fully saturated rings.